The summed E-state index contributed by atoms with van der Waals surface area (Å²) in [5, 5.41) is 28.4. The number of H-pyrrole nitrogens is 1. The van der Waals surface area contributed by atoms with E-state index in [0.29, 0.717) is 29.0 Å². The molecule has 0 radical (unpaired) electrons. The molecule has 5 heterocycles. The third-order valence-corrected chi connectivity index (χ3v) is 16.5. The molecule has 2 N–H and O–H groups in total. The molecule has 20 nitrogen and oxygen atoms in total. The number of carbonyl (C=O) groups excluding carboxylic acids is 5. The summed E-state index contributed by atoms with van der Waals surface area (Å²) in [7, 11) is 0. The van der Waals surface area contributed by atoms with Gasteiger partial charge in [0, 0.05) is 57.6 Å². The van der Waals surface area contributed by atoms with Gasteiger partial charge in [0.05, 0.1) is 41.5 Å². The minimum atomic E-state index is -0.627. The summed E-state index contributed by atoms with van der Waals surface area (Å²) in [5.74, 6) is -2.05. The van der Waals surface area contributed by atoms with Gasteiger partial charge in [0.15, 0.2) is 6.29 Å². The zero-order chi connectivity index (χ0) is 68.6. The van der Waals surface area contributed by atoms with Gasteiger partial charge in [-0.2, -0.15) is 0 Å². The number of benzene rings is 4. The number of hydrogen-bond acceptors (Lipinski definition) is 17. The van der Waals surface area contributed by atoms with E-state index in [1.807, 2.05) is 137 Å². The van der Waals surface area contributed by atoms with E-state index in [1.165, 1.54) is 68.4 Å². The number of aliphatic hydroxyl groups excluding tert-OH is 1. The van der Waals surface area contributed by atoms with Gasteiger partial charge in [-0.25, -0.2) is 14.4 Å². The predicted molar refractivity (Wildman–Crippen MR) is 380 cm³/mol. The molecular weight excluding hydrogens is 1390 g/mol. The van der Waals surface area contributed by atoms with Crippen LogP contribution in [0.5, 0.6) is 0 Å². The minimum absolute atomic E-state index is 0. The number of halogens is 4. The van der Waals surface area contributed by atoms with Crippen LogP contribution in [0.25, 0.3) is 53.7 Å². The van der Waals surface area contributed by atoms with E-state index in [0.717, 1.165) is 89.1 Å². The standard InChI is InChI=1S/2C16H14ClN3O2S.C16H14ClNO2S.C12H9ClOS.C4H7N3O2.C2H6O.Na.H/c2*1-2-22-16(21)15(19-20-18)9-14-8-12(10-23-14)7-11-3-5-13(17)6-4-11;1-2-20-16(19)13-8-14-15(18-13)11(9-21-14)7-10-3-5-12(17)6-4-10;13-11-3-1-9(2-4-11)5-10-6-12(7-14)15-8-10;1-2-9-4(8)3-6-7-5;1-2-3;;/h2*3-6,8-10H,2,7H2,1H3;3-6,8-9,18H,2,7H2,1H3;1-4,6-8H,5H2;2-3H2,1H3;3H,2H2,1H3;;/q;;;;;;+1;-1/b2*15-9-;;;;;;. The van der Waals surface area contributed by atoms with Gasteiger partial charge in [0.2, 0.25) is 0 Å². The van der Waals surface area contributed by atoms with E-state index >= 15 is 0 Å². The molecule has 0 aliphatic carbocycles. The normalized spacial score (nSPS) is 10.3. The summed E-state index contributed by atoms with van der Waals surface area (Å²) in [6.45, 7) is 9.74. The largest absolute Gasteiger partial charge is 1.00 e. The van der Waals surface area contributed by atoms with E-state index in [2.05, 4.69) is 45.2 Å². The molecule has 0 atom stereocenters. The zero-order valence-corrected chi connectivity index (χ0v) is 60.7. The second-order valence-corrected chi connectivity index (χ2v) is 24.2. The molecule has 0 aliphatic heterocycles. The summed E-state index contributed by atoms with van der Waals surface area (Å²) >= 11 is 29.5. The van der Waals surface area contributed by atoms with E-state index in [4.69, 9.17) is 82.3 Å². The molecule has 0 saturated heterocycles. The number of thiophene rings is 4. The first kappa shape index (κ1) is 81.5. The first-order valence-corrected chi connectivity index (χ1v) is 33.5. The number of esters is 4. The fraction of sp³-hybridized carbons (Fsp3) is 0.227. The minimum Gasteiger partial charge on any atom is -1.00 e. The van der Waals surface area contributed by atoms with E-state index < -0.39 is 17.9 Å². The Morgan fingerprint density at radius 2 is 0.884 bits per heavy atom. The number of aliphatic hydroxyl groups is 1. The molecule has 29 heteroatoms. The van der Waals surface area contributed by atoms with Gasteiger partial charge in [-0.1, -0.05) is 110 Å². The Labute approximate surface area is 608 Å². The van der Waals surface area contributed by atoms with E-state index in [9.17, 15) is 24.0 Å². The number of nitrogens with one attached hydrogen (secondary N) is 1. The van der Waals surface area contributed by atoms with Gasteiger partial charge in [0.25, 0.3) is 0 Å². The number of fused-ring (bicyclic) bond motifs is 1. The Balaban J connectivity index is 0.000000412. The van der Waals surface area contributed by atoms with Gasteiger partial charge < -0.3 is 30.5 Å². The molecule has 0 amide bonds. The summed E-state index contributed by atoms with van der Waals surface area (Å²) in [6, 6.07) is 38.5. The first-order valence-electron chi connectivity index (χ1n) is 28.5. The molecule has 9 aromatic rings. The molecule has 9 rings (SSSR count). The Kier molecular flexibility index (Phi) is 39.8. The molecule has 0 bridgehead atoms. The Morgan fingerprint density at radius 3 is 1.23 bits per heavy atom. The summed E-state index contributed by atoms with van der Waals surface area (Å²) < 4.78 is 20.3. The predicted octanol–water partition coefficient (Wildman–Crippen LogP) is 16.8. The molecule has 0 spiro atoms. The Hall–Kier alpha value is -7.70. The number of aldehydes is 1. The summed E-state index contributed by atoms with van der Waals surface area (Å²) in [6.07, 6.45) is 7.13. The van der Waals surface area contributed by atoms with Crippen LogP contribution < -0.4 is 29.6 Å². The fourth-order valence-corrected chi connectivity index (χ4v) is 11.6. The molecule has 0 aliphatic rings. The number of hydrogen-bond donors (Lipinski definition) is 2. The number of rotatable bonds is 22. The monoisotopic (exact) mass is 1450 g/mol. The van der Waals surface area contributed by atoms with Crippen LogP contribution in [0, 0.1) is 0 Å². The molecule has 4 aromatic carbocycles. The van der Waals surface area contributed by atoms with Gasteiger partial charge in [-0.05, 0) is 221 Å². The van der Waals surface area contributed by atoms with Crippen molar-refractivity contribution in [2.45, 2.75) is 60.3 Å². The van der Waals surface area contributed by atoms with Gasteiger partial charge in [0.1, 0.15) is 23.6 Å². The number of nitrogens with zero attached hydrogens (tertiary/aromatic N) is 9. The van der Waals surface area contributed by atoms with Crippen molar-refractivity contribution in [2.75, 3.05) is 39.6 Å². The van der Waals surface area contributed by atoms with Crippen LogP contribution in [0.1, 0.15) is 110 Å². The van der Waals surface area contributed by atoms with Crippen LogP contribution in [0.4, 0.5) is 0 Å². The molecule has 0 unspecified atom stereocenters. The van der Waals surface area contributed by atoms with Crippen molar-refractivity contribution in [3.63, 3.8) is 0 Å². The molecule has 0 saturated carbocycles. The number of aromatic nitrogens is 1. The topological polar surface area (TPSA) is 305 Å². The van der Waals surface area contributed by atoms with Crippen LogP contribution >= 0.6 is 91.8 Å². The van der Waals surface area contributed by atoms with E-state index in [1.54, 1.807) is 46.0 Å². The number of azide groups is 3. The maximum absolute atomic E-state index is 11.8. The van der Waals surface area contributed by atoms with Crippen LogP contribution in [0.15, 0.2) is 170 Å². The smallest absolute Gasteiger partial charge is 1.00 e. The van der Waals surface area contributed by atoms with Crippen molar-refractivity contribution >= 4 is 144 Å². The summed E-state index contributed by atoms with van der Waals surface area (Å²) in [5.41, 5.74) is 35.5. The van der Waals surface area contributed by atoms with Gasteiger partial charge in [-0.3, -0.25) is 9.59 Å². The van der Waals surface area contributed by atoms with Crippen molar-refractivity contribution in [3.05, 3.63) is 270 Å². The first-order chi connectivity index (χ1) is 45.4. The number of carbonyl (C=O) groups is 5. The van der Waals surface area contributed by atoms with Crippen molar-refractivity contribution < 1.29 is 79.0 Å². The maximum atomic E-state index is 11.8. The Bertz CT molecular complexity index is 3960. The van der Waals surface area contributed by atoms with E-state index in [-0.39, 0.29) is 74.7 Å². The van der Waals surface area contributed by atoms with Gasteiger partial charge in [-0.15, -0.1) is 45.3 Å². The number of aromatic amines is 1. The molecule has 5 aromatic heterocycles. The van der Waals surface area contributed by atoms with Crippen molar-refractivity contribution in [1.82, 2.24) is 4.98 Å². The van der Waals surface area contributed by atoms with Gasteiger partial charge >= 0.3 is 53.4 Å². The average molecular weight is 1450 g/mol. The average Bonchev–Trinajstić information content (AvgIpc) is 1.65. The molecule has 95 heavy (non-hydrogen) atoms. The molecule has 492 valence electrons. The fourth-order valence-electron chi connectivity index (χ4n) is 7.75. The molecule has 0 fully saturated rings. The van der Waals surface area contributed by atoms with Crippen molar-refractivity contribution in [3.8, 4) is 0 Å². The number of ether oxygens (including phenoxy) is 4. The second kappa shape index (κ2) is 46.4. The third-order valence-electron chi connectivity index (χ3n) is 11.7. The van der Waals surface area contributed by atoms with Crippen LogP contribution in [-0.2, 0) is 59.0 Å². The third kappa shape index (κ3) is 31.2. The van der Waals surface area contributed by atoms with Crippen LogP contribution in [0.3, 0.4) is 0 Å². The maximum Gasteiger partial charge on any atom is 1.00 e. The van der Waals surface area contributed by atoms with Crippen LogP contribution in [0.2, 0.25) is 20.1 Å². The van der Waals surface area contributed by atoms with Crippen molar-refractivity contribution in [2.24, 2.45) is 15.3 Å². The molecular formula is C66H65Cl4N10NaO10S4. The van der Waals surface area contributed by atoms with Crippen molar-refractivity contribution in [1.29, 1.82) is 0 Å². The Morgan fingerprint density at radius 1 is 0.516 bits per heavy atom. The second-order valence-electron chi connectivity index (χ2n) is 18.7. The quantitative estimate of drug-likeness (QED) is 0.00944. The summed E-state index contributed by atoms with van der Waals surface area (Å²) in [4.78, 5) is 69.3. The zero-order valence-electron chi connectivity index (χ0n) is 53.5. The SMILES string of the molecule is CCO.CCOC(=O)/C(=C/c1cc(Cc2ccc(Cl)cc2)cs1)N=[N+]=[N-].CCOC(=O)/C(=C/c1cc(Cc2ccc(Cl)cc2)cs1)N=[N+]=[N-].CCOC(=O)CN=[N+]=[N-].CCOC(=O)c1cc2scc(Cc3ccc(Cl)cc3)c2[nH]1.O=Cc1cc(Cc2ccc(Cl)cc2)cs1.[H-].[Na+]. The van der Waals surface area contributed by atoms with Crippen LogP contribution in [-0.4, -0.2) is 79.8 Å².